The van der Waals surface area contributed by atoms with Gasteiger partial charge in [-0.1, -0.05) is 11.6 Å². The Balaban J connectivity index is 2.15. The van der Waals surface area contributed by atoms with Crippen LogP contribution in [-0.2, 0) is 0 Å². The standard InChI is InChI=1S/C10H8ClFN2S/c11-7-3-4-8(12)10-9(7)14(5-13-15-10)6-1-2-6/h3-6H,1-2H2. The van der Waals surface area contributed by atoms with Gasteiger partial charge < -0.3 is 4.90 Å². The van der Waals surface area contributed by atoms with Crippen molar-refractivity contribution in [1.29, 1.82) is 0 Å². The minimum Gasteiger partial charge on any atom is -0.326 e. The van der Waals surface area contributed by atoms with E-state index in [4.69, 9.17) is 11.6 Å². The van der Waals surface area contributed by atoms with Crippen LogP contribution < -0.4 is 4.90 Å². The van der Waals surface area contributed by atoms with Crippen molar-refractivity contribution < 1.29 is 4.39 Å². The minimum absolute atomic E-state index is 0.248. The maximum atomic E-state index is 13.5. The maximum Gasteiger partial charge on any atom is 0.140 e. The van der Waals surface area contributed by atoms with Crippen LogP contribution in [0.5, 0.6) is 0 Å². The first-order valence-corrected chi connectivity index (χ1v) is 5.89. The van der Waals surface area contributed by atoms with Gasteiger partial charge in [-0.25, -0.2) is 8.79 Å². The third-order valence-electron chi connectivity index (χ3n) is 2.55. The number of anilines is 1. The zero-order chi connectivity index (χ0) is 10.4. The number of rotatable bonds is 1. The Kier molecular flexibility index (Phi) is 2.14. The summed E-state index contributed by atoms with van der Waals surface area (Å²) in [4.78, 5) is 2.52. The number of benzene rings is 1. The lowest BCUT2D eigenvalue weighted by atomic mass is 10.2. The molecule has 1 aromatic rings. The van der Waals surface area contributed by atoms with Gasteiger partial charge in [-0.05, 0) is 25.0 Å². The number of hydrogen-bond acceptors (Lipinski definition) is 3. The molecule has 0 amide bonds. The highest BCUT2D eigenvalue weighted by atomic mass is 35.5. The van der Waals surface area contributed by atoms with Gasteiger partial charge in [0, 0.05) is 18.0 Å². The quantitative estimate of drug-likeness (QED) is 0.701. The van der Waals surface area contributed by atoms with Gasteiger partial charge in [0.05, 0.1) is 15.6 Å². The third-order valence-corrected chi connectivity index (χ3v) is 3.62. The van der Waals surface area contributed by atoms with Crippen molar-refractivity contribution >= 4 is 35.6 Å². The predicted molar refractivity (Wildman–Crippen MR) is 61.3 cm³/mol. The Labute approximate surface area is 96.3 Å². The molecule has 0 bridgehead atoms. The minimum atomic E-state index is -0.248. The fraction of sp³-hybridized carbons (Fsp3) is 0.300. The Bertz CT molecular complexity index is 445. The van der Waals surface area contributed by atoms with Crippen LogP contribution in [0.2, 0.25) is 5.02 Å². The highest BCUT2D eigenvalue weighted by molar-refractivity contribution is 7.98. The van der Waals surface area contributed by atoms with Crippen molar-refractivity contribution in [3.05, 3.63) is 23.0 Å². The summed E-state index contributed by atoms with van der Waals surface area (Å²) < 4.78 is 17.6. The van der Waals surface area contributed by atoms with Gasteiger partial charge in [-0.3, -0.25) is 0 Å². The molecule has 0 spiro atoms. The summed E-state index contributed by atoms with van der Waals surface area (Å²) in [7, 11) is 0. The van der Waals surface area contributed by atoms with Crippen molar-refractivity contribution in [2.45, 2.75) is 23.8 Å². The van der Waals surface area contributed by atoms with Crippen LogP contribution in [0.4, 0.5) is 10.1 Å². The summed E-state index contributed by atoms with van der Waals surface area (Å²) in [6.45, 7) is 0. The Morgan fingerprint density at radius 1 is 1.47 bits per heavy atom. The Hall–Kier alpha value is -0.740. The van der Waals surface area contributed by atoms with E-state index >= 15 is 0 Å². The van der Waals surface area contributed by atoms with Crippen LogP contribution >= 0.6 is 23.5 Å². The highest BCUT2D eigenvalue weighted by Gasteiger charge is 2.33. The van der Waals surface area contributed by atoms with Crippen molar-refractivity contribution in [3.8, 4) is 0 Å². The van der Waals surface area contributed by atoms with E-state index in [9.17, 15) is 4.39 Å². The topological polar surface area (TPSA) is 15.6 Å². The van der Waals surface area contributed by atoms with Gasteiger partial charge in [0.15, 0.2) is 0 Å². The van der Waals surface area contributed by atoms with Crippen LogP contribution in [0, 0.1) is 5.82 Å². The van der Waals surface area contributed by atoms with Crippen molar-refractivity contribution in [2.24, 2.45) is 4.40 Å². The first-order chi connectivity index (χ1) is 7.27. The van der Waals surface area contributed by atoms with Gasteiger partial charge in [0.1, 0.15) is 12.2 Å². The molecule has 0 unspecified atom stereocenters. The molecule has 1 aromatic carbocycles. The Morgan fingerprint density at radius 2 is 2.27 bits per heavy atom. The second-order valence-electron chi connectivity index (χ2n) is 3.66. The predicted octanol–water partition coefficient (Wildman–Crippen LogP) is 3.50. The molecular weight excluding hydrogens is 235 g/mol. The third kappa shape index (κ3) is 1.52. The molecule has 2 nitrogen and oxygen atoms in total. The molecule has 0 aromatic heterocycles. The molecule has 5 heteroatoms. The van der Waals surface area contributed by atoms with Gasteiger partial charge in [-0.2, -0.15) is 0 Å². The van der Waals surface area contributed by atoms with E-state index in [1.807, 2.05) is 4.90 Å². The van der Waals surface area contributed by atoms with E-state index in [1.54, 1.807) is 12.4 Å². The monoisotopic (exact) mass is 242 g/mol. The maximum absolute atomic E-state index is 13.5. The molecule has 1 heterocycles. The molecule has 0 radical (unpaired) electrons. The van der Waals surface area contributed by atoms with Crippen LogP contribution in [0.1, 0.15) is 12.8 Å². The van der Waals surface area contributed by atoms with Gasteiger partial charge in [0.2, 0.25) is 0 Å². The van der Waals surface area contributed by atoms with E-state index < -0.39 is 0 Å². The number of nitrogens with zero attached hydrogens (tertiary/aromatic N) is 2. The lowest BCUT2D eigenvalue weighted by Crippen LogP contribution is -2.26. The van der Waals surface area contributed by atoms with Crippen LogP contribution in [-0.4, -0.2) is 12.4 Å². The molecule has 1 saturated carbocycles. The molecule has 1 aliphatic carbocycles. The summed E-state index contributed by atoms with van der Waals surface area (Å²) >= 11 is 7.24. The van der Waals surface area contributed by atoms with Gasteiger partial charge in [0.25, 0.3) is 0 Å². The van der Waals surface area contributed by atoms with Crippen molar-refractivity contribution in [2.75, 3.05) is 4.90 Å². The number of fused-ring (bicyclic) bond motifs is 1. The molecule has 78 valence electrons. The van der Waals surface area contributed by atoms with Crippen LogP contribution in [0.3, 0.4) is 0 Å². The molecule has 15 heavy (non-hydrogen) atoms. The summed E-state index contributed by atoms with van der Waals surface area (Å²) in [6.07, 6.45) is 4.00. The van der Waals surface area contributed by atoms with Crippen LogP contribution in [0.25, 0.3) is 0 Å². The van der Waals surface area contributed by atoms with Gasteiger partial charge in [-0.15, -0.1) is 0 Å². The zero-order valence-electron chi connectivity index (χ0n) is 7.78. The molecule has 0 atom stereocenters. The number of hydrogen-bond donors (Lipinski definition) is 0. The van der Waals surface area contributed by atoms with E-state index in [0.717, 1.165) is 30.5 Å². The van der Waals surface area contributed by atoms with Gasteiger partial charge >= 0.3 is 0 Å². The fourth-order valence-corrected chi connectivity index (χ4v) is 2.69. The fourth-order valence-electron chi connectivity index (χ4n) is 1.66. The first-order valence-electron chi connectivity index (χ1n) is 4.74. The molecule has 1 aliphatic heterocycles. The van der Waals surface area contributed by atoms with E-state index in [2.05, 4.69) is 4.40 Å². The summed E-state index contributed by atoms with van der Waals surface area (Å²) in [5.74, 6) is -0.248. The summed E-state index contributed by atoms with van der Waals surface area (Å²) in [5.41, 5.74) is 0.777. The molecule has 2 aliphatic rings. The average Bonchev–Trinajstić information content (AvgIpc) is 3.07. The van der Waals surface area contributed by atoms with Crippen molar-refractivity contribution in [1.82, 2.24) is 0 Å². The molecule has 0 N–H and O–H groups in total. The first kappa shape index (κ1) is 9.48. The van der Waals surface area contributed by atoms with E-state index in [1.165, 1.54) is 6.07 Å². The normalized spacial score (nSPS) is 19.2. The second-order valence-corrected chi connectivity index (χ2v) is 4.87. The molecule has 3 rings (SSSR count). The lowest BCUT2D eigenvalue weighted by Gasteiger charge is -2.25. The average molecular weight is 243 g/mol. The summed E-state index contributed by atoms with van der Waals surface area (Å²) in [5, 5.41) is 0.594. The summed E-state index contributed by atoms with van der Waals surface area (Å²) in [6, 6.07) is 3.44. The smallest absolute Gasteiger partial charge is 0.140 e. The van der Waals surface area contributed by atoms with Crippen molar-refractivity contribution in [3.63, 3.8) is 0 Å². The zero-order valence-corrected chi connectivity index (χ0v) is 9.35. The molecular formula is C10H8ClFN2S. The highest BCUT2D eigenvalue weighted by Crippen LogP contribution is 2.44. The van der Waals surface area contributed by atoms with E-state index in [-0.39, 0.29) is 5.82 Å². The molecule has 1 fully saturated rings. The SMILES string of the molecule is Fc1ccc(Cl)c2c1SN=CN2C1CC1. The van der Waals surface area contributed by atoms with Crippen LogP contribution in [0.15, 0.2) is 21.4 Å². The Morgan fingerprint density at radius 3 is 3.00 bits per heavy atom. The largest absolute Gasteiger partial charge is 0.326 e. The lowest BCUT2D eigenvalue weighted by molar-refractivity contribution is 0.601. The van der Waals surface area contributed by atoms with E-state index in [0.29, 0.717) is 16.0 Å². The number of halogens is 2. The molecule has 0 saturated heterocycles. The second kappa shape index (κ2) is 3.39.